The number of rotatable bonds is 6. The van der Waals surface area contributed by atoms with Crippen molar-refractivity contribution >= 4 is 40.4 Å². The molecule has 1 fully saturated rings. The van der Waals surface area contributed by atoms with Crippen molar-refractivity contribution in [3.63, 3.8) is 0 Å². The quantitative estimate of drug-likeness (QED) is 0.382. The lowest BCUT2D eigenvalue weighted by molar-refractivity contribution is 0.290. The fourth-order valence-electron chi connectivity index (χ4n) is 3.33. The number of pyridine rings is 2. The SMILES string of the molecule is N#CC1CCN1c1ncc(C(=N)c2cc(OCc3c(Cl)cncc3Cl)c(F)cc2N)cc1F. The number of nitrogen functional groups attached to an aromatic ring is 1. The Balaban J connectivity index is 1.59. The maximum Gasteiger partial charge on any atom is 0.167 e. The van der Waals surface area contributed by atoms with Crippen molar-refractivity contribution in [3.8, 4) is 11.8 Å². The van der Waals surface area contributed by atoms with Crippen LogP contribution in [0.5, 0.6) is 5.75 Å². The first kappa shape index (κ1) is 22.7. The van der Waals surface area contributed by atoms with Crippen molar-refractivity contribution < 1.29 is 13.5 Å². The van der Waals surface area contributed by atoms with E-state index in [1.54, 1.807) is 4.90 Å². The largest absolute Gasteiger partial charge is 0.486 e. The Morgan fingerprint density at radius 3 is 2.55 bits per heavy atom. The number of nitrogens with two attached hydrogens (primary N) is 1. The van der Waals surface area contributed by atoms with E-state index in [-0.39, 0.29) is 50.7 Å². The molecular formula is C22H16Cl2F2N6O. The summed E-state index contributed by atoms with van der Waals surface area (Å²) in [6.45, 7) is 0.380. The van der Waals surface area contributed by atoms with Gasteiger partial charge in [0, 0.05) is 53.6 Å². The Kier molecular flexibility index (Phi) is 6.31. The van der Waals surface area contributed by atoms with Gasteiger partial charge in [-0.25, -0.2) is 13.8 Å². The van der Waals surface area contributed by atoms with Gasteiger partial charge in [0.1, 0.15) is 12.6 Å². The van der Waals surface area contributed by atoms with Gasteiger partial charge < -0.3 is 15.4 Å². The standard InChI is InChI=1S/C22H16Cl2F2N6O/c23-15-8-30-9-16(24)14(15)10-33-20-4-13(19(28)5-17(20)25)21(29)11-3-18(26)22(31-7-11)32-2-1-12(32)6-27/h3-5,7-9,12,29H,1-2,10,28H2. The fraction of sp³-hybridized carbons (Fsp3) is 0.182. The van der Waals surface area contributed by atoms with E-state index in [2.05, 4.69) is 16.0 Å². The molecule has 3 heterocycles. The third-order valence-corrected chi connectivity index (χ3v) is 5.90. The number of aromatic nitrogens is 2. The van der Waals surface area contributed by atoms with Crippen LogP contribution in [-0.2, 0) is 6.61 Å². The molecule has 0 amide bonds. The van der Waals surface area contributed by atoms with Crippen molar-refractivity contribution in [1.29, 1.82) is 10.7 Å². The minimum absolute atomic E-state index is 0.0263. The summed E-state index contributed by atoms with van der Waals surface area (Å²) in [7, 11) is 0. The highest BCUT2D eigenvalue weighted by Crippen LogP contribution is 2.31. The average molecular weight is 489 g/mol. The van der Waals surface area contributed by atoms with E-state index in [4.69, 9.17) is 44.3 Å². The normalized spacial score (nSPS) is 15.0. The van der Waals surface area contributed by atoms with Gasteiger partial charge >= 0.3 is 0 Å². The first-order valence-corrected chi connectivity index (χ1v) is 10.5. The number of hydrogen-bond acceptors (Lipinski definition) is 7. The third-order valence-electron chi connectivity index (χ3n) is 5.25. The summed E-state index contributed by atoms with van der Waals surface area (Å²) in [5.41, 5.74) is 6.41. The van der Waals surface area contributed by atoms with Gasteiger partial charge in [-0.15, -0.1) is 0 Å². The van der Waals surface area contributed by atoms with Crippen LogP contribution < -0.4 is 15.4 Å². The van der Waals surface area contributed by atoms with E-state index in [1.165, 1.54) is 24.7 Å². The van der Waals surface area contributed by atoms with Crippen LogP contribution in [0.3, 0.4) is 0 Å². The third kappa shape index (κ3) is 4.40. The molecule has 1 aliphatic rings. The van der Waals surface area contributed by atoms with E-state index in [0.717, 1.165) is 12.1 Å². The molecule has 2 aromatic heterocycles. The van der Waals surface area contributed by atoms with Crippen LogP contribution in [0.15, 0.2) is 36.8 Å². The lowest BCUT2D eigenvalue weighted by Crippen LogP contribution is -2.47. The summed E-state index contributed by atoms with van der Waals surface area (Å²) in [5, 5.41) is 18.1. The Morgan fingerprint density at radius 1 is 1.21 bits per heavy atom. The van der Waals surface area contributed by atoms with Gasteiger partial charge in [0.25, 0.3) is 0 Å². The second-order valence-electron chi connectivity index (χ2n) is 7.27. The van der Waals surface area contributed by atoms with E-state index in [9.17, 15) is 8.78 Å². The first-order valence-electron chi connectivity index (χ1n) is 9.71. The molecule has 0 spiro atoms. The van der Waals surface area contributed by atoms with E-state index < -0.39 is 17.7 Å². The number of nitrogens with zero attached hydrogens (tertiary/aromatic N) is 4. The number of ether oxygens (including phenoxy) is 1. The molecule has 0 bridgehead atoms. The van der Waals surface area contributed by atoms with Crippen molar-refractivity contribution in [2.75, 3.05) is 17.2 Å². The zero-order valence-electron chi connectivity index (χ0n) is 16.9. The van der Waals surface area contributed by atoms with Crippen LogP contribution in [0.1, 0.15) is 23.1 Å². The van der Waals surface area contributed by atoms with Gasteiger partial charge in [-0.2, -0.15) is 5.26 Å². The van der Waals surface area contributed by atoms with Crippen LogP contribution in [0.4, 0.5) is 20.3 Å². The lowest BCUT2D eigenvalue weighted by atomic mass is 10.0. The molecule has 11 heteroatoms. The molecule has 7 nitrogen and oxygen atoms in total. The zero-order valence-corrected chi connectivity index (χ0v) is 18.5. The zero-order chi connectivity index (χ0) is 23.7. The van der Waals surface area contributed by atoms with Gasteiger partial charge in [0.05, 0.1) is 21.8 Å². The second-order valence-corrected chi connectivity index (χ2v) is 8.09. The van der Waals surface area contributed by atoms with Gasteiger partial charge in [-0.3, -0.25) is 10.4 Å². The Morgan fingerprint density at radius 2 is 1.94 bits per heavy atom. The predicted octanol–water partition coefficient (Wildman–Crippen LogP) is 4.74. The van der Waals surface area contributed by atoms with Gasteiger partial charge in [-0.1, -0.05) is 23.2 Å². The highest BCUT2D eigenvalue weighted by atomic mass is 35.5. The number of anilines is 2. The summed E-state index contributed by atoms with van der Waals surface area (Å²) < 4.78 is 34.7. The molecule has 1 atom stereocenters. The fourth-order valence-corrected chi connectivity index (χ4v) is 3.80. The van der Waals surface area contributed by atoms with Crippen LogP contribution in [-0.4, -0.2) is 28.3 Å². The first-order chi connectivity index (χ1) is 15.8. The molecular weight excluding hydrogens is 473 g/mol. The van der Waals surface area contributed by atoms with Crippen molar-refractivity contribution in [2.24, 2.45) is 0 Å². The van der Waals surface area contributed by atoms with Crippen LogP contribution in [0, 0.1) is 28.4 Å². The molecule has 4 rings (SSSR count). The number of benzene rings is 1. The molecule has 3 N–H and O–H groups in total. The Labute approximate surface area is 197 Å². The van der Waals surface area contributed by atoms with E-state index >= 15 is 0 Å². The van der Waals surface area contributed by atoms with Gasteiger partial charge in [-0.05, 0) is 18.6 Å². The maximum absolute atomic E-state index is 14.7. The molecule has 168 valence electrons. The molecule has 0 radical (unpaired) electrons. The summed E-state index contributed by atoms with van der Waals surface area (Å²) in [6, 6.07) is 5.06. The minimum Gasteiger partial charge on any atom is -0.486 e. The van der Waals surface area contributed by atoms with Crippen LogP contribution >= 0.6 is 23.2 Å². The highest BCUT2D eigenvalue weighted by Gasteiger charge is 2.31. The van der Waals surface area contributed by atoms with Crippen LogP contribution in [0.2, 0.25) is 10.0 Å². The molecule has 33 heavy (non-hydrogen) atoms. The van der Waals surface area contributed by atoms with E-state index in [0.29, 0.717) is 18.5 Å². The number of hydrogen-bond donors (Lipinski definition) is 2. The molecule has 1 unspecified atom stereocenters. The molecule has 1 aromatic carbocycles. The predicted molar refractivity (Wildman–Crippen MR) is 121 cm³/mol. The monoisotopic (exact) mass is 488 g/mol. The Hall–Kier alpha value is -3.48. The number of nitriles is 1. The van der Waals surface area contributed by atoms with Crippen molar-refractivity contribution in [2.45, 2.75) is 19.1 Å². The maximum atomic E-state index is 14.7. The second kappa shape index (κ2) is 9.17. The smallest absolute Gasteiger partial charge is 0.167 e. The van der Waals surface area contributed by atoms with Gasteiger partial charge in [0.15, 0.2) is 23.2 Å². The molecule has 3 aromatic rings. The summed E-state index contributed by atoms with van der Waals surface area (Å²) >= 11 is 12.1. The number of halogens is 4. The van der Waals surface area contributed by atoms with Gasteiger partial charge in [0.2, 0.25) is 0 Å². The summed E-state index contributed by atoms with van der Waals surface area (Å²) in [4.78, 5) is 9.49. The molecule has 0 saturated carbocycles. The van der Waals surface area contributed by atoms with Crippen molar-refractivity contribution in [3.05, 3.63) is 75.2 Å². The minimum atomic E-state index is -0.745. The van der Waals surface area contributed by atoms with Crippen LogP contribution in [0.25, 0.3) is 0 Å². The topological polar surface area (TPSA) is 112 Å². The summed E-state index contributed by atoms with van der Waals surface area (Å²) in [6.07, 6.45) is 4.72. The number of nitrogens with one attached hydrogen (secondary N) is 1. The molecule has 1 saturated heterocycles. The Bertz CT molecular complexity index is 1280. The molecule has 1 aliphatic heterocycles. The van der Waals surface area contributed by atoms with Crippen molar-refractivity contribution in [1.82, 2.24) is 9.97 Å². The van der Waals surface area contributed by atoms with E-state index in [1.807, 2.05) is 0 Å². The highest BCUT2D eigenvalue weighted by molar-refractivity contribution is 6.35. The summed E-state index contributed by atoms with van der Waals surface area (Å²) in [5.74, 6) is -1.55. The average Bonchev–Trinajstić information content (AvgIpc) is 2.75. The molecule has 0 aliphatic carbocycles. The lowest BCUT2D eigenvalue weighted by Gasteiger charge is -2.37.